The van der Waals surface area contributed by atoms with Crippen LogP contribution in [0.1, 0.15) is 34.1 Å². The Balaban J connectivity index is 3.41. The molecule has 0 aromatic heterocycles. The summed E-state index contributed by atoms with van der Waals surface area (Å²) in [7, 11) is 1.15. The SMILES string of the molecule is C=CCC1=C(C(=O)OC)O[C@@H]([C@H](OC(C)=O)[C@@H](COC(C)=O)OC(C)=O)[C@H](C)[C@H]1O. The Morgan fingerprint density at radius 1 is 1.13 bits per heavy atom. The van der Waals surface area contributed by atoms with Crippen LogP contribution in [0.15, 0.2) is 24.0 Å². The lowest BCUT2D eigenvalue weighted by atomic mass is 9.83. The second kappa shape index (κ2) is 11.3. The molecule has 10 nitrogen and oxygen atoms in total. The number of aliphatic hydroxyl groups is 1. The van der Waals surface area contributed by atoms with Crippen LogP contribution < -0.4 is 0 Å². The largest absolute Gasteiger partial charge is 0.479 e. The molecule has 0 amide bonds. The lowest BCUT2D eigenvalue weighted by Crippen LogP contribution is -2.53. The van der Waals surface area contributed by atoms with Gasteiger partial charge in [-0.15, -0.1) is 6.58 Å². The van der Waals surface area contributed by atoms with Crippen molar-refractivity contribution in [2.24, 2.45) is 5.92 Å². The molecule has 1 aliphatic rings. The van der Waals surface area contributed by atoms with E-state index in [1.54, 1.807) is 6.92 Å². The summed E-state index contributed by atoms with van der Waals surface area (Å²) in [4.78, 5) is 46.8. The molecule has 0 unspecified atom stereocenters. The Labute approximate surface area is 174 Å². The third kappa shape index (κ3) is 6.58. The summed E-state index contributed by atoms with van der Waals surface area (Å²) >= 11 is 0. The van der Waals surface area contributed by atoms with Crippen LogP contribution in [0.25, 0.3) is 0 Å². The number of aliphatic hydroxyl groups excluding tert-OH is 1. The van der Waals surface area contributed by atoms with E-state index in [1.807, 2.05) is 0 Å². The van der Waals surface area contributed by atoms with Crippen molar-refractivity contribution in [1.82, 2.24) is 0 Å². The quantitative estimate of drug-likeness (QED) is 0.319. The zero-order chi connectivity index (χ0) is 23.0. The maximum Gasteiger partial charge on any atom is 0.373 e. The van der Waals surface area contributed by atoms with Gasteiger partial charge in [0.05, 0.1) is 13.2 Å². The Morgan fingerprint density at radius 3 is 2.20 bits per heavy atom. The number of hydrogen-bond donors (Lipinski definition) is 1. The van der Waals surface area contributed by atoms with Gasteiger partial charge >= 0.3 is 23.9 Å². The molecule has 0 aromatic rings. The number of methoxy groups -OCH3 is 1. The predicted molar refractivity (Wildman–Crippen MR) is 102 cm³/mol. The van der Waals surface area contributed by atoms with Crippen molar-refractivity contribution in [3.8, 4) is 0 Å². The molecule has 1 N–H and O–H groups in total. The van der Waals surface area contributed by atoms with Gasteiger partial charge in [0.1, 0.15) is 12.7 Å². The molecule has 0 saturated heterocycles. The van der Waals surface area contributed by atoms with Crippen molar-refractivity contribution in [3.63, 3.8) is 0 Å². The Kier molecular flexibility index (Phi) is 9.51. The van der Waals surface area contributed by atoms with E-state index in [-0.39, 0.29) is 17.8 Å². The van der Waals surface area contributed by atoms with E-state index in [0.29, 0.717) is 0 Å². The lowest BCUT2D eigenvalue weighted by Gasteiger charge is -2.41. The maximum atomic E-state index is 12.2. The number of carbonyl (C=O) groups excluding carboxylic acids is 4. The number of allylic oxidation sites excluding steroid dienone is 1. The van der Waals surface area contributed by atoms with E-state index >= 15 is 0 Å². The summed E-state index contributed by atoms with van der Waals surface area (Å²) in [5.74, 6) is -3.88. The molecule has 0 spiro atoms. The minimum atomic E-state index is -1.29. The highest BCUT2D eigenvalue weighted by atomic mass is 16.6. The van der Waals surface area contributed by atoms with Gasteiger partial charge < -0.3 is 28.8 Å². The molecule has 0 aliphatic carbocycles. The van der Waals surface area contributed by atoms with E-state index < -0.39 is 60.8 Å². The molecule has 0 radical (unpaired) electrons. The average molecular weight is 428 g/mol. The molecule has 5 atom stereocenters. The summed E-state index contributed by atoms with van der Waals surface area (Å²) < 4.78 is 26.0. The van der Waals surface area contributed by atoms with Gasteiger partial charge in [0.15, 0.2) is 12.2 Å². The van der Waals surface area contributed by atoms with Crippen molar-refractivity contribution in [3.05, 3.63) is 24.0 Å². The molecule has 10 heteroatoms. The van der Waals surface area contributed by atoms with Gasteiger partial charge in [0, 0.05) is 32.3 Å². The van der Waals surface area contributed by atoms with Gasteiger partial charge in [-0.3, -0.25) is 14.4 Å². The van der Waals surface area contributed by atoms with E-state index in [0.717, 1.165) is 27.9 Å². The Morgan fingerprint density at radius 2 is 1.73 bits per heavy atom. The third-order valence-electron chi connectivity index (χ3n) is 4.41. The first-order chi connectivity index (χ1) is 14.0. The highest BCUT2D eigenvalue weighted by molar-refractivity contribution is 5.87. The van der Waals surface area contributed by atoms with Crippen molar-refractivity contribution in [2.45, 2.75) is 58.5 Å². The van der Waals surface area contributed by atoms with Gasteiger partial charge in [0.2, 0.25) is 5.76 Å². The minimum absolute atomic E-state index is 0.154. The summed E-state index contributed by atoms with van der Waals surface area (Å²) in [6.45, 7) is 8.21. The van der Waals surface area contributed by atoms with Crippen LogP contribution in [0.2, 0.25) is 0 Å². The van der Waals surface area contributed by atoms with Crippen molar-refractivity contribution in [2.75, 3.05) is 13.7 Å². The molecule has 1 aliphatic heterocycles. The maximum absolute atomic E-state index is 12.2. The van der Waals surface area contributed by atoms with Crippen molar-refractivity contribution >= 4 is 23.9 Å². The molecule has 30 heavy (non-hydrogen) atoms. The summed E-state index contributed by atoms with van der Waals surface area (Å²) in [5.41, 5.74) is 0.256. The van der Waals surface area contributed by atoms with Crippen molar-refractivity contribution in [1.29, 1.82) is 0 Å². The Bertz CT molecular complexity index is 710. The van der Waals surface area contributed by atoms with Gasteiger partial charge in [0.25, 0.3) is 0 Å². The summed E-state index contributed by atoms with van der Waals surface area (Å²) in [5, 5.41) is 10.8. The summed E-state index contributed by atoms with van der Waals surface area (Å²) in [6.07, 6.45) is -3.17. The number of rotatable bonds is 9. The zero-order valence-corrected chi connectivity index (χ0v) is 17.7. The van der Waals surface area contributed by atoms with Crippen LogP contribution in [0.4, 0.5) is 0 Å². The molecule has 0 aromatic carbocycles. The molecule has 0 fully saturated rings. The summed E-state index contributed by atoms with van der Waals surface area (Å²) in [6, 6.07) is 0. The first-order valence-corrected chi connectivity index (χ1v) is 9.28. The standard InChI is InChI=1S/C20H28O10/c1-7-8-14-16(24)10(2)17(30-18(14)20(25)26-6)19(29-13(5)23)15(28-12(4)22)9-27-11(3)21/h7,10,15-17,19,24H,1,8-9H2,2-6H3/t10-,15-,16-,17-,19-/m1/s1. The second-order valence-corrected chi connectivity index (χ2v) is 6.75. The van der Waals surface area contributed by atoms with Gasteiger partial charge in [-0.25, -0.2) is 4.79 Å². The first kappa shape index (κ1) is 25.2. The fourth-order valence-electron chi connectivity index (χ4n) is 3.11. The molecule has 0 bridgehead atoms. The topological polar surface area (TPSA) is 135 Å². The van der Waals surface area contributed by atoms with Gasteiger partial charge in [-0.2, -0.15) is 0 Å². The molecular weight excluding hydrogens is 400 g/mol. The number of ether oxygens (including phenoxy) is 5. The second-order valence-electron chi connectivity index (χ2n) is 6.75. The molecular formula is C20H28O10. The molecule has 168 valence electrons. The zero-order valence-electron chi connectivity index (χ0n) is 17.7. The average Bonchev–Trinajstić information content (AvgIpc) is 2.66. The van der Waals surface area contributed by atoms with Crippen LogP contribution in [0.3, 0.4) is 0 Å². The van der Waals surface area contributed by atoms with Crippen LogP contribution in [-0.2, 0) is 42.9 Å². The highest BCUT2D eigenvalue weighted by Gasteiger charge is 2.47. The molecule has 1 heterocycles. The van der Waals surface area contributed by atoms with E-state index in [4.69, 9.17) is 23.7 Å². The number of esters is 4. The van der Waals surface area contributed by atoms with E-state index in [9.17, 15) is 24.3 Å². The monoisotopic (exact) mass is 428 g/mol. The minimum Gasteiger partial charge on any atom is -0.479 e. The fourth-order valence-corrected chi connectivity index (χ4v) is 3.11. The molecule has 0 saturated carbocycles. The van der Waals surface area contributed by atoms with E-state index in [2.05, 4.69) is 6.58 Å². The first-order valence-electron chi connectivity index (χ1n) is 9.28. The van der Waals surface area contributed by atoms with Crippen LogP contribution >= 0.6 is 0 Å². The van der Waals surface area contributed by atoms with E-state index in [1.165, 1.54) is 6.08 Å². The Hall–Kier alpha value is -2.88. The van der Waals surface area contributed by atoms with Gasteiger partial charge in [-0.05, 0) is 6.42 Å². The van der Waals surface area contributed by atoms with Crippen LogP contribution in [0.5, 0.6) is 0 Å². The van der Waals surface area contributed by atoms with Crippen molar-refractivity contribution < 1.29 is 48.0 Å². The normalized spacial score (nSPS) is 22.8. The lowest BCUT2D eigenvalue weighted by molar-refractivity contribution is -0.193. The third-order valence-corrected chi connectivity index (χ3v) is 4.41. The highest BCUT2D eigenvalue weighted by Crippen LogP contribution is 2.35. The predicted octanol–water partition coefficient (Wildman–Crippen LogP) is 0.812. The number of hydrogen-bond acceptors (Lipinski definition) is 10. The van der Waals surface area contributed by atoms with Gasteiger partial charge in [-0.1, -0.05) is 13.0 Å². The van der Waals surface area contributed by atoms with Crippen LogP contribution in [0, 0.1) is 5.92 Å². The van der Waals surface area contributed by atoms with Crippen LogP contribution in [-0.4, -0.2) is 67.1 Å². The molecule has 1 rings (SSSR count). The smallest absolute Gasteiger partial charge is 0.373 e. The number of carbonyl (C=O) groups is 4. The fraction of sp³-hybridized carbons (Fsp3) is 0.600.